The number of ether oxygens (including phenoxy) is 1. The van der Waals surface area contributed by atoms with Crippen LogP contribution >= 0.6 is 0 Å². The molecule has 1 aromatic heterocycles. The minimum atomic E-state index is -0.405. The van der Waals surface area contributed by atoms with Gasteiger partial charge < -0.3 is 15.4 Å². The summed E-state index contributed by atoms with van der Waals surface area (Å²) in [5, 5.41) is 10.3. The third-order valence-corrected chi connectivity index (χ3v) is 3.41. The number of hydrogen-bond acceptors (Lipinski definition) is 4. The average Bonchev–Trinajstić information content (AvgIpc) is 2.96. The van der Waals surface area contributed by atoms with E-state index in [0.29, 0.717) is 11.4 Å². The summed E-state index contributed by atoms with van der Waals surface area (Å²) in [4.78, 5) is 12.3. The van der Waals surface area contributed by atoms with E-state index in [2.05, 4.69) is 36.5 Å². The molecule has 0 fully saturated rings. The van der Waals surface area contributed by atoms with Gasteiger partial charge in [0.15, 0.2) is 0 Å². The number of nitrogens with one attached hydrogen (secondary N) is 2. The minimum Gasteiger partial charge on any atom is -0.495 e. The monoisotopic (exact) mass is 316 g/mol. The van der Waals surface area contributed by atoms with E-state index in [1.54, 1.807) is 32.4 Å². The Morgan fingerprint density at radius 3 is 2.61 bits per heavy atom. The van der Waals surface area contributed by atoms with Gasteiger partial charge in [0.05, 0.1) is 30.2 Å². The summed E-state index contributed by atoms with van der Waals surface area (Å²) in [5.74, 6) is 0.492. The van der Waals surface area contributed by atoms with Crippen molar-refractivity contribution in [1.29, 1.82) is 0 Å². The second-order valence-electron chi connectivity index (χ2n) is 6.40. The van der Waals surface area contributed by atoms with Crippen LogP contribution in [0.5, 0.6) is 5.75 Å². The minimum absolute atomic E-state index is 0.0944. The van der Waals surface area contributed by atoms with Gasteiger partial charge in [0.1, 0.15) is 11.8 Å². The number of para-hydroxylation sites is 2. The molecule has 2 aromatic rings. The molecular weight excluding hydrogens is 292 g/mol. The number of nitrogens with zero attached hydrogens (tertiary/aromatic N) is 2. The number of carbonyl (C=O) groups excluding carboxylic acids is 1. The first-order valence-corrected chi connectivity index (χ1v) is 7.57. The van der Waals surface area contributed by atoms with Crippen molar-refractivity contribution in [3.8, 4) is 5.75 Å². The number of amides is 1. The normalized spacial score (nSPS) is 12.6. The number of methoxy groups -OCH3 is 1. The van der Waals surface area contributed by atoms with Gasteiger partial charge >= 0.3 is 0 Å². The van der Waals surface area contributed by atoms with Gasteiger partial charge in [0.2, 0.25) is 5.91 Å². The van der Waals surface area contributed by atoms with Crippen LogP contribution in [0, 0.1) is 0 Å². The molecule has 2 rings (SSSR count). The SMILES string of the molecule is COc1ccccc1NC(=O)[C@H](C)Nc1cnn(C(C)(C)C)c1. The highest BCUT2D eigenvalue weighted by atomic mass is 16.5. The Bertz CT molecular complexity index is 673. The van der Waals surface area contributed by atoms with Crippen LogP contribution in [-0.2, 0) is 10.3 Å². The maximum absolute atomic E-state index is 12.3. The van der Waals surface area contributed by atoms with Crippen LogP contribution in [-0.4, -0.2) is 28.8 Å². The van der Waals surface area contributed by atoms with Crippen LogP contribution in [0.25, 0.3) is 0 Å². The fourth-order valence-electron chi connectivity index (χ4n) is 2.07. The smallest absolute Gasteiger partial charge is 0.246 e. The molecule has 0 aliphatic carbocycles. The lowest BCUT2D eigenvalue weighted by Crippen LogP contribution is -2.32. The highest BCUT2D eigenvalue weighted by Gasteiger charge is 2.18. The van der Waals surface area contributed by atoms with Crippen LogP contribution < -0.4 is 15.4 Å². The first kappa shape index (κ1) is 16.9. The molecular formula is C17H24N4O2. The van der Waals surface area contributed by atoms with E-state index >= 15 is 0 Å². The summed E-state index contributed by atoms with van der Waals surface area (Å²) in [7, 11) is 1.58. The van der Waals surface area contributed by atoms with Crippen molar-refractivity contribution in [2.24, 2.45) is 0 Å². The predicted octanol–water partition coefficient (Wildman–Crippen LogP) is 3.09. The lowest BCUT2D eigenvalue weighted by atomic mass is 10.1. The maximum atomic E-state index is 12.3. The molecule has 1 atom stereocenters. The Kier molecular flexibility index (Phi) is 4.93. The van der Waals surface area contributed by atoms with E-state index in [1.807, 2.05) is 23.0 Å². The lowest BCUT2D eigenvalue weighted by Gasteiger charge is -2.19. The molecule has 1 amide bonds. The number of anilines is 2. The summed E-state index contributed by atoms with van der Waals surface area (Å²) < 4.78 is 7.10. The molecule has 0 aliphatic heterocycles. The molecule has 2 N–H and O–H groups in total. The number of rotatable bonds is 5. The lowest BCUT2D eigenvalue weighted by molar-refractivity contribution is -0.116. The molecule has 124 valence electrons. The Morgan fingerprint density at radius 2 is 2.00 bits per heavy atom. The molecule has 0 saturated carbocycles. The Hall–Kier alpha value is -2.50. The third-order valence-electron chi connectivity index (χ3n) is 3.41. The molecule has 6 nitrogen and oxygen atoms in total. The van der Waals surface area contributed by atoms with Crippen molar-refractivity contribution in [1.82, 2.24) is 9.78 Å². The van der Waals surface area contributed by atoms with Crippen molar-refractivity contribution in [3.05, 3.63) is 36.7 Å². The maximum Gasteiger partial charge on any atom is 0.246 e. The Balaban J connectivity index is 2.01. The van der Waals surface area contributed by atoms with Crippen molar-refractivity contribution in [3.63, 3.8) is 0 Å². The summed E-state index contributed by atoms with van der Waals surface area (Å²) in [6.07, 6.45) is 3.62. The number of hydrogen-bond donors (Lipinski definition) is 2. The van der Waals surface area contributed by atoms with Gasteiger partial charge in [-0.1, -0.05) is 12.1 Å². The second-order valence-corrected chi connectivity index (χ2v) is 6.40. The number of benzene rings is 1. The standard InChI is InChI=1S/C17H24N4O2/c1-12(19-13-10-18-21(11-13)17(2,3)4)16(22)20-14-8-6-7-9-15(14)23-5/h6-12,19H,1-5H3,(H,20,22)/t12-/m0/s1. The average molecular weight is 316 g/mol. The van der Waals surface area contributed by atoms with E-state index in [9.17, 15) is 4.79 Å². The summed E-state index contributed by atoms with van der Waals surface area (Å²) >= 11 is 0. The third kappa shape index (κ3) is 4.25. The first-order valence-electron chi connectivity index (χ1n) is 7.57. The van der Waals surface area contributed by atoms with E-state index in [4.69, 9.17) is 4.74 Å². The Morgan fingerprint density at radius 1 is 1.30 bits per heavy atom. The summed E-state index contributed by atoms with van der Waals surface area (Å²) in [5.41, 5.74) is 1.37. The quantitative estimate of drug-likeness (QED) is 0.889. The van der Waals surface area contributed by atoms with Crippen molar-refractivity contribution < 1.29 is 9.53 Å². The van der Waals surface area contributed by atoms with Gasteiger partial charge in [0.25, 0.3) is 0 Å². The Labute approximate surface area is 136 Å². The van der Waals surface area contributed by atoms with Crippen LogP contribution in [0.3, 0.4) is 0 Å². The van der Waals surface area contributed by atoms with E-state index in [-0.39, 0.29) is 11.4 Å². The second kappa shape index (κ2) is 6.73. The van der Waals surface area contributed by atoms with Crippen LogP contribution in [0.2, 0.25) is 0 Å². The highest BCUT2D eigenvalue weighted by molar-refractivity contribution is 5.97. The zero-order valence-electron chi connectivity index (χ0n) is 14.3. The van der Waals surface area contributed by atoms with Crippen LogP contribution in [0.1, 0.15) is 27.7 Å². The van der Waals surface area contributed by atoms with Gasteiger partial charge in [-0.05, 0) is 39.8 Å². The van der Waals surface area contributed by atoms with E-state index in [0.717, 1.165) is 5.69 Å². The molecule has 23 heavy (non-hydrogen) atoms. The van der Waals surface area contributed by atoms with Gasteiger partial charge in [0, 0.05) is 6.20 Å². The number of aromatic nitrogens is 2. The van der Waals surface area contributed by atoms with E-state index < -0.39 is 6.04 Å². The van der Waals surface area contributed by atoms with Crippen molar-refractivity contribution >= 4 is 17.3 Å². The summed E-state index contributed by atoms with van der Waals surface area (Å²) in [6, 6.07) is 6.92. The molecule has 0 saturated heterocycles. The molecule has 0 unspecified atom stereocenters. The van der Waals surface area contributed by atoms with Crippen LogP contribution in [0.4, 0.5) is 11.4 Å². The molecule has 0 spiro atoms. The molecule has 1 aromatic carbocycles. The topological polar surface area (TPSA) is 68.2 Å². The predicted molar refractivity (Wildman–Crippen MR) is 91.9 cm³/mol. The highest BCUT2D eigenvalue weighted by Crippen LogP contribution is 2.23. The molecule has 0 aliphatic rings. The van der Waals surface area contributed by atoms with Crippen molar-refractivity contribution in [2.45, 2.75) is 39.3 Å². The molecule has 6 heteroatoms. The summed E-state index contributed by atoms with van der Waals surface area (Å²) in [6.45, 7) is 8.02. The van der Waals surface area contributed by atoms with Crippen molar-refractivity contribution in [2.75, 3.05) is 17.7 Å². The van der Waals surface area contributed by atoms with Gasteiger partial charge in [-0.3, -0.25) is 9.48 Å². The largest absolute Gasteiger partial charge is 0.495 e. The molecule has 0 radical (unpaired) electrons. The van der Waals surface area contributed by atoms with E-state index in [1.165, 1.54) is 0 Å². The van der Waals surface area contributed by atoms with Gasteiger partial charge in [-0.25, -0.2) is 0 Å². The molecule has 1 heterocycles. The first-order chi connectivity index (χ1) is 10.8. The van der Waals surface area contributed by atoms with Gasteiger partial charge in [-0.15, -0.1) is 0 Å². The number of carbonyl (C=O) groups is 1. The zero-order valence-corrected chi connectivity index (χ0v) is 14.3. The fraction of sp³-hybridized carbons (Fsp3) is 0.412. The fourth-order valence-corrected chi connectivity index (χ4v) is 2.07. The van der Waals surface area contributed by atoms with Crippen LogP contribution in [0.15, 0.2) is 36.7 Å². The molecule has 0 bridgehead atoms. The van der Waals surface area contributed by atoms with Gasteiger partial charge in [-0.2, -0.15) is 5.10 Å². The zero-order chi connectivity index (χ0) is 17.0.